The Morgan fingerprint density at radius 3 is 2.56 bits per heavy atom. The van der Waals surface area contributed by atoms with E-state index in [1.165, 1.54) is 0 Å². The summed E-state index contributed by atoms with van der Waals surface area (Å²) in [6.07, 6.45) is 3.21. The van der Waals surface area contributed by atoms with Crippen molar-refractivity contribution in [3.8, 4) is 0 Å². The predicted molar refractivity (Wildman–Crippen MR) is 70.3 cm³/mol. The fraction of sp³-hybridized carbons (Fsp3) is 0.923. The molecule has 0 aromatic rings. The maximum absolute atomic E-state index is 11.2. The smallest absolute Gasteiger partial charge is 0.234 e. The van der Waals surface area contributed by atoms with E-state index in [2.05, 4.69) is 19.2 Å². The largest absolute Gasteiger partial charge is 0.378 e. The first-order chi connectivity index (χ1) is 8.52. The van der Waals surface area contributed by atoms with Gasteiger partial charge in [-0.25, -0.2) is 0 Å². The lowest BCUT2D eigenvalue weighted by molar-refractivity contribution is -0.122. The van der Waals surface area contributed by atoms with Gasteiger partial charge < -0.3 is 20.5 Å². The first kappa shape index (κ1) is 15.4. The van der Waals surface area contributed by atoms with Gasteiger partial charge in [-0.3, -0.25) is 4.79 Å². The second kappa shape index (κ2) is 7.71. The fourth-order valence-corrected chi connectivity index (χ4v) is 2.42. The van der Waals surface area contributed by atoms with Crippen molar-refractivity contribution in [1.29, 1.82) is 0 Å². The standard InChI is InChI=1S/C13H26N2O3/c1-4-15-12(13(14)16)5-6-17-11-7-9(2)18-10(3)8-11/h9-12,15H,4-8H2,1-3H3,(H2,14,16). The Kier molecular flexibility index (Phi) is 6.60. The van der Waals surface area contributed by atoms with Crippen LogP contribution in [0.2, 0.25) is 0 Å². The Hall–Kier alpha value is -0.650. The van der Waals surface area contributed by atoms with Gasteiger partial charge in [-0.1, -0.05) is 6.92 Å². The average Bonchev–Trinajstić information content (AvgIpc) is 2.26. The van der Waals surface area contributed by atoms with Gasteiger partial charge in [-0.05, 0) is 39.7 Å². The summed E-state index contributed by atoms with van der Waals surface area (Å²) in [6, 6.07) is -0.287. The minimum absolute atomic E-state index is 0.235. The summed E-state index contributed by atoms with van der Waals surface area (Å²) in [5, 5.41) is 3.06. The van der Waals surface area contributed by atoms with Crippen LogP contribution in [-0.4, -0.2) is 43.4 Å². The maximum atomic E-state index is 11.2. The number of primary amides is 1. The van der Waals surface area contributed by atoms with Crippen LogP contribution >= 0.6 is 0 Å². The Morgan fingerprint density at radius 2 is 2.06 bits per heavy atom. The van der Waals surface area contributed by atoms with Crippen molar-refractivity contribution in [1.82, 2.24) is 5.32 Å². The molecule has 0 spiro atoms. The molecule has 1 fully saturated rings. The first-order valence-electron chi connectivity index (χ1n) is 6.82. The van der Waals surface area contributed by atoms with Crippen LogP contribution in [0.25, 0.3) is 0 Å². The van der Waals surface area contributed by atoms with Crippen molar-refractivity contribution in [2.24, 2.45) is 5.73 Å². The predicted octanol–water partition coefficient (Wildman–Crippen LogP) is 0.813. The molecule has 0 bridgehead atoms. The number of carbonyl (C=O) groups is 1. The minimum atomic E-state index is -0.311. The van der Waals surface area contributed by atoms with Crippen molar-refractivity contribution >= 4 is 5.91 Å². The normalized spacial score (nSPS) is 30.1. The molecule has 5 nitrogen and oxygen atoms in total. The highest BCUT2D eigenvalue weighted by Crippen LogP contribution is 2.21. The number of amides is 1. The van der Waals surface area contributed by atoms with E-state index >= 15 is 0 Å². The Labute approximate surface area is 109 Å². The summed E-state index contributed by atoms with van der Waals surface area (Å²) in [4.78, 5) is 11.2. The monoisotopic (exact) mass is 258 g/mol. The van der Waals surface area contributed by atoms with Gasteiger partial charge in [-0.2, -0.15) is 0 Å². The van der Waals surface area contributed by atoms with E-state index in [9.17, 15) is 4.79 Å². The molecule has 3 atom stereocenters. The van der Waals surface area contributed by atoms with Gasteiger partial charge >= 0.3 is 0 Å². The Balaban J connectivity index is 2.25. The summed E-state index contributed by atoms with van der Waals surface area (Å²) in [6.45, 7) is 7.38. The zero-order chi connectivity index (χ0) is 13.5. The number of carbonyl (C=O) groups excluding carboxylic acids is 1. The van der Waals surface area contributed by atoms with Crippen molar-refractivity contribution in [3.05, 3.63) is 0 Å². The van der Waals surface area contributed by atoms with Crippen LogP contribution in [0.5, 0.6) is 0 Å². The van der Waals surface area contributed by atoms with Gasteiger partial charge in [0.2, 0.25) is 5.91 Å². The number of likely N-dealkylation sites (N-methyl/N-ethyl adjacent to an activating group) is 1. The van der Waals surface area contributed by atoms with E-state index in [1.807, 2.05) is 6.92 Å². The third-order valence-electron chi connectivity index (χ3n) is 3.21. The Morgan fingerprint density at radius 1 is 1.44 bits per heavy atom. The van der Waals surface area contributed by atoms with Gasteiger partial charge in [0.1, 0.15) is 0 Å². The topological polar surface area (TPSA) is 73.6 Å². The van der Waals surface area contributed by atoms with Crippen molar-refractivity contribution in [2.45, 2.75) is 64.4 Å². The molecule has 0 aromatic carbocycles. The number of rotatable bonds is 7. The SMILES string of the molecule is CCNC(CCOC1CC(C)OC(C)C1)C(N)=O. The van der Waals surface area contributed by atoms with Gasteiger partial charge in [-0.15, -0.1) is 0 Å². The van der Waals surface area contributed by atoms with Crippen molar-refractivity contribution in [2.75, 3.05) is 13.2 Å². The highest BCUT2D eigenvalue weighted by molar-refractivity contribution is 5.79. The quantitative estimate of drug-likeness (QED) is 0.709. The van der Waals surface area contributed by atoms with E-state index in [1.54, 1.807) is 0 Å². The van der Waals surface area contributed by atoms with E-state index in [0.29, 0.717) is 13.0 Å². The molecule has 1 saturated heterocycles. The average molecular weight is 258 g/mol. The van der Waals surface area contributed by atoms with Crippen LogP contribution in [0, 0.1) is 0 Å². The zero-order valence-electron chi connectivity index (χ0n) is 11.6. The van der Waals surface area contributed by atoms with Crippen LogP contribution in [0.4, 0.5) is 0 Å². The third-order valence-corrected chi connectivity index (χ3v) is 3.21. The minimum Gasteiger partial charge on any atom is -0.378 e. The van der Waals surface area contributed by atoms with Crippen LogP contribution in [0.15, 0.2) is 0 Å². The number of hydrogen-bond acceptors (Lipinski definition) is 4. The summed E-state index contributed by atoms with van der Waals surface area (Å²) < 4.78 is 11.5. The summed E-state index contributed by atoms with van der Waals surface area (Å²) >= 11 is 0. The van der Waals surface area contributed by atoms with Gasteiger partial charge in [0.15, 0.2) is 0 Å². The second-order valence-electron chi connectivity index (χ2n) is 5.02. The van der Waals surface area contributed by atoms with E-state index < -0.39 is 0 Å². The maximum Gasteiger partial charge on any atom is 0.234 e. The van der Waals surface area contributed by atoms with Crippen LogP contribution in [0.3, 0.4) is 0 Å². The van der Waals surface area contributed by atoms with Gasteiger partial charge in [0.25, 0.3) is 0 Å². The van der Waals surface area contributed by atoms with Gasteiger partial charge in [0, 0.05) is 6.61 Å². The summed E-state index contributed by atoms with van der Waals surface area (Å²) in [5.74, 6) is -0.311. The lowest BCUT2D eigenvalue weighted by atomic mass is 10.0. The number of nitrogens with two attached hydrogens (primary N) is 1. The van der Waals surface area contributed by atoms with E-state index in [4.69, 9.17) is 15.2 Å². The molecule has 1 aliphatic heterocycles. The fourth-order valence-electron chi connectivity index (χ4n) is 2.42. The molecular weight excluding hydrogens is 232 g/mol. The van der Waals surface area contributed by atoms with Crippen LogP contribution in [-0.2, 0) is 14.3 Å². The molecule has 18 heavy (non-hydrogen) atoms. The number of ether oxygens (including phenoxy) is 2. The number of hydrogen-bond donors (Lipinski definition) is 2. The third kappa shape index (κ3) is 5.33. The van der Waals surface area contributed by atoms with Crippen molar-refractivity contribution < 1.29 is 14.3 Å². The molecule has 0 radical (unpaired) electrons. The molecule has 3 unspecified atom stereocenters. The summed E-state index contributed by atoms with van der Waals surface area (Å²) in [7, 11) is 0. The molecule has 0 aromatic heterocycles. The molecular formula is C13H26N2O3. The second-order valence-corrected chi connectivity index (χ2v) is 5.02. The molecule has 1 amide bonds. The zero-order valence-corrected chi connectivity index (χ0v) is 11.6. The highest BCUT2D eigenvalue weighted by Gasteiger charge is 2.25. The van der Waals surface area contributed by atoms with E-state index in [0.717, 1.165) is 19.4 Å². The molecule has 1 heterocycles. The van der Waals surface area contributed by atoms with Gasteiger partial charge in [0.05, 0.1) is 24.4 Å². The molecule has 0 aliphatic carbocycles. The van der Waals surface area contributed by atoms with Crippen LogP contribution < -0.4 is 11.1 Å². The molecule has 5 heteroatoms. The first-order valence-corrected chi connectivity index (χ1v) is 6.82. The Bertz CT molecular complexity index is 251. The molecule has 1 rings (SSSR count). The van der Waals surface area contributed by atoms with E-state index in [-0.39, 0.29) is 30.3 Å². The molecule has 106 valence electrons. The highest BCUT2D eigenvalue weighted by atomic mass is 16.5. The van der Waals surface area contributed by atoms with Crippen LogP contribution in [0.1, 0.15) is 40.0 Å². The molecule has 3 N–H and O–H groups in total. The number of nitrogens with one attached hydrogen (secondary N) is 1. The molecule has 0 saturated carbocycles. The summed E-state index contributed by atoms with van der Waals surface area (Å²) in [5.41, 5.74) is 5.31. The molecule has 1 aliphatic rings. The lowest BCUT2D eigenvalue weighted by Crippen LogP contribution is -2.42. The van der Waals surface area contributed by atoms with Crippen molar-refractivity contribution in [3.63, 3.8) is 0 Å². The lowest BCUT2D eigenvalue weighted by Gasteiger charge is -2.32.